The van der Waals surface area contributed by atoms with Crippen LogP contribution in [0.5, 0.6) is 11.5 Å². The monoisotopic (exact) mass is 496 g/mol. The maximum atomic E-state index is 6.06. The summed E-state index contributed by atoms with van der Waals surface area (Å²) in [6, 6.07) is 14.2. The Morgan fingerprint density at radius 2 is 1.86 bits per heavy atom. The Kier molecular flexibility index (Phi) is 8.85. The molecule has 3 N–H and O–H groups in total. The van der Waals surface area contributed by atoms with Crippen LogP contribution in [0.1, 0.15) is 24.5 Å². The molecule has 1 aliphatic rings. The van der Waals surface area contributed by atoms with Gasteiger partial charge in [0.15, 0.2) is 17.5 Å². The van der Waals surface area contributed by atoms with Gasteiger partial charge in [-0.2, -0.15) is 0 Å². The van der Waals surface area contributed by atoms with Crippen LogP contribution in [0.4, 0.5) is 5.69 Å². The Bertz CT molecular complexity index is 798. The first-order valence-electron chi connectivity index (χ1n) is 9.37. The predicted octanol–water partition coefficient (Wildman–Crippen LogP) is 3.84. The molecule has 28 heavy (non-hydrogen) atoms. The number of benzene rings is 2. The van der Waals surface area contributed by atoms with Crippen LogP contribution in [-0.4, -0.2) is 37.7 Å². The molecule has 152 valence electrons. The third-order valence-electron chi connectivity index (χ3n) is 4.44. The third-order valence-corrected chi connectivity index (χ3v) is 4.44. The molecule has 0 aromatic heterocycles. The summed E-state index contributed by atoms with van der Waals surface area (Å²) < 4.78 is 11.3. The summed E-state index contributed by atoms with van der Waals surface area (Å²) in [7, 11) is 2.11. The Labute approximate surface area is 184 Å². The highest BCUT2D eigenvalue weighted by atomic mass is 127. The molecule has 3 rings (SSSR count). The van der Waals surface area contributed by atoms with Crippen molar-refractivity contribution in [3.8, 4) is 11.5 Å². The van der Waals surface area contributed by atoms with E-state index in [0.29, 0.717) is 25.7 Å². The minimum atomic E-state index is 0. The highest BCUT2D eigenvalue weighted by Crippen LogP contribution is 2.32. The highest BCUT2D eigenvalue weighted by Gasteiger charge is 2.10. The predicted molar refractivity (Wildman–Crippen MR) is 125 cm³/mol. The van der Waals surface area contributed by atoms with Crippen LogP contribution in [0.2, 0.25) is 0 Å². The summed E-state index contributed by atoms with van der Waals surface area (Å²) >= 11 is 0. The van der Waals surface area contributed by atoms with E-state index in [1.54, 1.807) is 0 Å². The second kappa shape index (κ2) is 11.1. The van der Waals surface area contributed by atoms with E-state index in [4.69, 9.17) is 15.2 Å². The van der Waals surface area contributed by atoms with Gasteiger partial charge in [0, 0.05) is 24.7 Å². The summed E-state index contributed by atoms with van der Waals surface area (Å²) in [5.41, 5.74) is 9.31. The Morgan fingerprint density at radius 1 is 1.11 bits per heavy atom. The van der Waals surface area contributed by atoms with E-state index >= 15 is 0 Å². The average Bonchev–Trinajstić information content (AvgIpc) is 2.91. The van der Waals surface area contributed by atoms with Crippen LogP contribution in [0.15, 0.2) is 47.5 Å². The standard InChI is InChI=1S/C21H28N4O2.HI/c1-3-25(2)15-17-7-4-6-16(12-17)14-23-21(22)24-18-8-9-19-20(13-18)27-11-5-10-26-19;/h4,6-9,12-13H,3,5,10-11,14-15H2,1-2H3,(H3,22,23,24);1H. The van der Waals surface area contributed by atoms with Crippen molar-refractivity contribution >= 4 is 35.6 Å². The van der Waals surface area contributed by atoms with E-state index in [-0.39, 0.29) is 24.0 Å². The quantitative estimate of drug-likeness (QED) is 0.361. The van der Waals surface area contributed by atoms with Crippen LogP contribution in [0.3, 0.4) is 0 Å². The molecule has 1 heterocycles. The lowest BCUT2D eigenvalue weighted by molar-refractivity contribution is 0.297. The number of hydrogen-bond acceptors (Lipinski definition) is 4. The normalized spacial score (nSPS) is 13.6. The van der Waals surface area contributed by atoms with Crippen molar-refractivity contribution in [1.82, 2.24) is 4.90 Å². The molecule has 0 atom stereocenters. The molecule has 1 aliphatic heterocycles. The van der Waals surface area contributed by atoms with Gasteiger partial charge in [0.1, 0.15) is 0 Å². The molecule has 0 spiro atoms. The van der Waals surface area contributed by atoms with Crippen LogP contribution in [0, 0.1) is 0 Å². The topological polar surface area (TPSA) is 72.1 Å². The van der Waals surface area contributed by atoms with Gasteiger partial charge in [0.25, 0.3) is 0 Å². The van der Waals surface area contributed by atoms with Crippen molar-refractivity contribution in [3.63, 3.8) is 0 Å². The van der Waals surface area contributed by atoms with E-state index in [2.05, 4.69) is 53.4 Å². The smallest absolute Gasteiger partial charge is 0.193 e. The molecule has 0 saturated heterocycles. The number of aliphatic imine (C=N–C) groups is 1. The molecular formula is C21H29IN4O2. The summed E-state index contributed by atoms with van der Waals surface area (Å²) in [5, 5.41) is 3.12. The van der Waals surface area contributed by atoms with Gasteiger partial charge < -0.3 is 25.4 Å². The van der Waals surface area contributed by atoms with Gasteiger partial charge in [0.2, 0.25) is 0 Å². The molecule has 0 unspecified atom stereocenters. The van der Waals surface area contributed by atoms with E-state index in [1.807, 2.05) is 18.2 Å². The number of anilines is 1. The first-order valence-corrected chi connectivity index (χ1v) is 9.37. The molecule has 0 fully saturated rings. The van der Waals surface area contributed by atoms with E-state index < -0.39 is 0 Å². The second-order valence-electron chi connectivity index (χ2n) is 6.69. The molecule has 7 heteroatoms. The van der Waals surface area contributed by atoms with Crippen molar-refractivity contribution in [2.45, 2.75) is 26.4 Å². The number of guanidine groups is 1. The Hall–Kier alpha value is -2.00. The zero-order chi connectivity index (χ0) is 19.1. The number of rotatable bonds is 6. The van der Waals surface area contributed by atoms with Crippen molar-refractivity contribution in [3.05, 3.63) is 53.6 Å². The largest absolute Gasteiger partial charge is 0.490 e. The number of hydrogen-bond donors (Lipinski definition) is 2. The lowest BCUT2D eigenvalue weighted by Crippen LogP contribution is -2.22. The molecule has 0 saturated carbocycles. The van der Waals surface area contributed by atoms with Crippen molar-refractivity contribution in [2.24, 2.45) is 10.7 Å². The Balaban J connectivity index is 0.00000280. The number of nitrogens with two attached hydrogens (primary N) is 1. The van der Waals surface area contributed by atoms with E-state index in [0.717, 1.165) is 42.3 Å². The maximum absolute atomic E-state index is 6.06. The van der Waals surface area contributed by atoms with Gasteiger partial charge in [-0.1, -0.05) is 31.2 Å². The maximum Gasteiger partial charge on any atom is 0.193 e. The first-order chi connectivity index (χ1) is 13.1. The minimum Gasteiger partial charge on any atom is -0.490 e. The Morgan fingerprint density at radius 3 is 2.64 bits per heavy atom. The molecular weight excluding hydrogens is 467 g/mol. The van der Waals surface area contributed by atoms with E-state index in [1.165, 1.54) is 5.56 Å². The number of halogens is 1. The van der Waals surface area contributed by atoms with Crippen LogP contribution >= 0.6 is 24.0 Å². The molecule has 0 bridgehead atoms. The van der Waals surface area contributed by atoms with Crippen LogP contribution in [-0.2, 0) is 13.1 Å². The van der Waals surface area contributed by atoms with Gasteiger partial charge in [-0.25, -0.2) is 4.99 Å². The van der Waals surface area contributed by atoms with Gasteiger partial charge in [0.05, 0.1) is 19.8 Å². The van der Waals surface area contributed by atoms with Crippen molar-refractivity contribution in [2.75, 3.05) is 32.1 Å². The summed E-state index contributed by atoms with van der Waals surface area (Å²) in [6.45, 7) is 5.97. The molecule has 6 nitrogen and oxygen atoms in total. The fraction of sp³-hybridized carbons (Fsp3) is 0.381. The lowest BCUT2D eigenvalue weighted by atomic mass is 10.1. The highest BCUT2D eigenvalue weighted by molar-refractivity contribution is 14.0. The lowest BCUT2D eigenvalue weighted by Gasteiger charge is -2.14. The number of nitrogens with one attached hydrogen (secondary N) is 1. The molecule has 0 aliphatic carbocycles. The molecule has 0 amide bonds. The van der Waals surface area contributed by atoms with Gasteiger partial charge in [-0.3, -0.25) is 0 Å². The van der Waals surface area contributed by atoms with Crippen LogP contribution in [0.25, 0.3) is 0 Å². The first kappa shape index (κ1) is 22.3. The number of ether oxygens (including phenoxy) is 2. The van der Waals surface area contributed by atoms with Gasteiger partial charge >= 0.3 is 0 Å². The zero-order valence-electron chi connectivity index (χ0n) is 16.5. The zero-order valence-corrected chi connectivity index (χ0v) is 18.8. The summed E-state index contributed by atoms with van der Waals surface area (Å²) in [5.74, 6) is 1.88. The third kappa shape index (κ3) is 6.56. The summed E-state index contributed by atoms with van der Waals surface area (Å²) in [6.07, 6.45) is 0.883. The van der Waals surface area contributed by atoms with Crippen molar-refractivity contribution in [1.29, 1.82) is 0 Å². The fourth-order valence-electron chi connectivity index (χ4n) is 2.85. The van der Waals surface area contributed by atoms with Crippen molar-refractivity contribution < 1.29 is 9.47 Å². The number of nitrogens with zero attached hydrogens (tertiary/aromatic N) is 2. The summed E-state index contributed by atoms with van der Waals surface area (Å²) in [4.78, 5) is 6.72. The number of fused-ring (bicyclic) bond motifs is 1. The van der Waals surface area contributed by atoms with E-state index in [9.17, 15) is 0 Å². The molecule has 0 radical (unpaired) electrons. The SMILES string of the molecule is CCN(C)Cc1cccc(CN=C(N)Nc2ccc3c(c2)OCCCO3)c1.I. The van der Waals surface area contributed by atoms with Gasteiger partial charge in [-0.05, 0) is 36.9 Å². The molecule has 2 aromatic rings. The van der Waals surface area contributed by atoms with Crippen LogP contribution < -0.4 is 20.5 Å². The fourth-order valence-corrected chi connectivity index (χ4v) is 2.85. The second-order valence-corrected chi connectivity index (χ2v) is 6.69. The minimum absolute atomic E-state index is 0. The van der Waals surface area contributed by atoms with Gasteiger partial charge in [-0.15, -0.1) is 24.0 Å². The average molecular weight is 496 g/mol. The molecule has 2 aromatic carbocycles.